The lowest BCUT2D eigenvalue weighted by atomic mass is 10.1. The highest BCUT2D eigenvalue weighted by Crippen LogP contribution is 2.29. The number of amides is 1. The van der Waals surface area contributed by atoms with Gasteiger partial charge in [0, 0.05) is 5.02 Å². The van der Waals surface area contributed by atoms with E-state index < -0.39 is 27.7 Å². The highest BCUT2D eigenvalue weighted by molar-refractivity contribution is 7.93. The molecule has 0 aromatic heterocycles. The van der Waals surface area contributed by atoms with E-state index in [1.165, 1.54) is 18.2 Å². The van der Waals surface area contributed by atoms with Crippen LogP contribution in [0.3, 0.4) is 0 Å². The molecule has 2 rings (SSSR count). The Hall–Kier alpha value is -2.03. The smallest absolute Gasteiger partial charge is 0.268 e. The van der Waals surface area contributed by atoms with Gasteiger partial charge in [-0.05, 0) is 42.0 Å². The second-order valence-electron chi connectivity index (χ2n) is 5.02. The lowest BCUT2D eigenvalue weighted by Crippen LogP contribution is -2.29. The quantitative estimate of drug-likeness (QED) is 0.771. The van der Waals surface area contributed by atoms with Crippen LogP contribution in [0.1, 0.15) is 21.5 Å². The zero-order valence-corrected chi connectivity index (χ0v) is 15.0. The lowest BCUT2D eigenvalue weighted by Gasteiger charge is -2.06. The van der Waals surface area contributed by atoms with Gasteiger partial charge in [-0.1, -0.05) is 35.3 Å². The number of hydrogen-bond acceptors (Lipinski definition) is 3. The van der Waals surface area contributed by atoms with Crippen LogP contribution in [0, 0.1) is 0 Å². The van der Waals surface area contributed by atoms with E-state index in [9.17, 15) is 26.4 Å². The number of nitrogens with one attached hydrogen (secondary N) is 1. The van der Waals surface area contributed by atoms with Crippen molar-refractivity contribution in [3.8, 4) is 0 Å². The summed E-state index contributed by atoms with van der Waals surface area (Å²) in [4.78, 5) is 12.0. The average Bonchev–Trinajstić information content (AvgIpc) is 2.52. The molecule has 0 saturated heterocycles. The maximum atomic E-state index is 12.5. The van der Waals surface area contributed by atoms with E-state index in [-0.39, 0.29) is 21.2 Å². The first kappa shape index (κ1) is 20.3. The maximum Gasteiger partial charge on any atom is 0.416 e. The molecule has 0 unspecified atom stereocenters. The Morgan fingerprint density at radius 2 is 1.65 bits per heavy atom. The first-order valence-electron chi connectivity index (χ1n) is 6.85. The zero-order chi connectivity index (χ0) is 19.5. The Morgan fingerprint density at radius 1 is 1.04 bits per heavy atom. The minimum Gasteiger partial charge on any atom is -0.268 e. The number of rotatable bonds is 4. The fourth-order valence-electron chi connectivity index (χ4n) is 1.84. The summed E-state index contributed by atoms with van der Waals surface area (Å²) >= 11 is 11.5. The number of sulfonamides is 1. The van der Waals surface area contributed by atoms with Gasteiger partial charge in [0.15, 0.2) is 0 Å². The lowest BCUT2D eigenvalue weighted by molar-refractivity contribution is -0.137. The van der Waals surface area contributed by atoms with Crippen LogP contribution in [0.15, 0.2) is 47.9 Å². The van der Waals surface area contributed by atoms with Gasteiger partial charge in [-0.25, -0.2) is 13.1 Å². The molecule has 2 aromatic rings. The van der Waals surface area contributed by atoms with E-state index in [0.29, 0.717) is 5.41 Å². The molecular formula is C16H10Cl2F3NO3S. The van der Waals surface area contributed by atoms with Crippen molar-refractivity contribution in [2.45, 2.75) is 6.18 Å². The zero-order valence-electron chi connectivity index (χ0n) is 12.7. The van der Waals surface area contributed by atoms with Crippen LogP contribution in [-0.2, 0) is 16.2 Å². The summed E-state index contributed by atoms with van der Waals surface area (Å²) in [5, 5.41) is 0.908. The van der Waals surface area contributed by atoms with Crippen LogP contribution in [0.2, 0.25) is 10.0 Å². The van der Waals surface area contributed by atoms with Gasteiger partial charge in [-0.2, -0.15) is 13.2 Å². The second kappa shape index (κ2) is 7.69. The molecule has 0 aliphatic heterocycles. The summed E-state index contributed by atoms with van der Waals surface area (Å²) in [7, 11) is -4.19. The van der Waals surface area contributed by atoms with Crippen molar-refractivity contribution in [1.82, 2.24) is 4.72 Å². The van der Waals surface area contributed by atoms with Crippen LogP contribution in [0.4, 0.5) is 13.2 Å². The summed E-state index contributed by atoms with van der Waals surface area (Å²) < 4.78 is 63.1. The van der Waals surface area contributed by atoms with Gasteiger partial charge in [-0.3, -0.25) is 4.79 Å². The van der Waals surface area contributed by atoms with Crippen LogP contribution >= 0.6 is 23.2 Å². The molecule has 0 saturated carbocycles. The van der Waals surface area contributed by atoms with Gasteiger partial charge in [0.25, 0.3) is 15.9 Å². The Balaban J connectivity index is 2.12. The van der Waals surface area contributed by atoms with E-state index in [2.05, 4.69) is 0 Å². The first-order chi connectivity index (χ1) is 12.0. The SMILES string of the molecule is O=C(NS(=O)(=O)C=Cc1ccc(C(F)(F)F)cc1)c1ccc(Cl)cc1Cl. The fourth-order valence-corrected chi connectivity index (χ4v) is 3.11. The number of carbonyl (C=O) groups excluding carboxylic acids is 1. The standard InChI is InChI=1S/C16H10Cl2F3NO3S/c17-12-5-6-13(14(18)9-12)15(23)22-26(24,25)8-7-10-1-3-11(4-2-10)16(19,20)21/h1-9H,(H,22,23). The van der Waals surface area contributed by atoms with Crippen molar-refractivity contribution in [3.05, 3.63) is 74.6 Å². The van der Waals surface area contributed by atoms with Crippen LogP contribution in [0.5, 0.6) is 0 Å². The largest absolute Gasteiger partial charge is 0.416 e. The minimum absolute atomic E-state index is 0.0306. The van der Waals surface area contributed by atoms with Gasteiger partial charge in [0.2, 0.25) is 0 Å². The molecule has 2 aromatic carbocycles. The monoisotopic (exact) mass is 423 g/mol. The Kier molecular flexibility index (Phi) is 6.00. The molecule has 1 amide bonds. The van der Waals surface area contributed by atoms with E-state index in [1.54, 1.807) is 4.72 Å². The molecule has 0 bridgehead atoms. The molecule has 0 fully saturated rings. The highest BCUT2D eigenvalue weighted by Gasteiger charge is 2.29. The molecule has 0 aliphatic rings. The molecule has 10 heteroatoms. The maximum absolute atomic E-state index is 12.5. The summed E-state index contributed by atoms with van der Waals surface area (Å²) in [6.45, 7) is 0. The molecule has 0 atom stereocenters. The molecule has 0 aliphatic carbocycles. The first-order valence-corrected chi connectivity index (χ1v) is 9.16. The van der Waals surface area contributed by atoms with Gasteiger partial charge >= 0.3 is 6.18 Å². The number of benzene rings is 2. The van der Waals surface area contributed by atoms with E-state index in [4.69, 9.17) is 23.2 Å². The molecule has 4 nitrogen and oxygen atoms in total. The number of halogens is 5. The molecule has 26 heavy (non-hydrogen) atoms. The minimum atomic E-state index is -4.49. The van der Waals surface area contributed by atoms with Gasteiger partial charge < -0.3 is 0 Å². The highest BCUT2D eigenvalue weighted by atomic mass is 35.5. The Bertz CT molecular complexity index is 956. The van der Waals surface area contributed by atoms with E-state index in [1.807, 2.05) is 0 Å². The van der Waals surface area contributed by atoms with Crippen molar-refractivity contribution in [1.29, 1.82) is 0 Å². The van der Waals surface area contributed by atoms with Crippen molar-refractivity contribution in [3.63, 3.8) is 0 Å². The predicted molar refractivity (Wildman–Crippen MR) is 93.3 cm³/mol. The second-order valence-corrected chi connectivity index (χ2v) is 7.43. The van der Waals surface area contributed by atoms with Crippen LogP contribution in [-0.4, -0.2) is 14.3 Å². The average molecular weight is 424 g/mol. The van der Waals surface area contributed by atoms with Gasteiger partial charge in [0.05, 0.1) is 21.6 Å². The van der Waals surface area contributed by atoms with Crippen molar-refractivity contribution < 1.29 is 26.4 Å². The van der Waals surface area contributed by atoms with Crippen LogP contribution in [0.25, 0.3) is 6.08 Å². The third kappa shape index (κ3) is 5.48. The Labute approximate surface area is 157 Å². The summed E-state index contributed by atoms with van der Waals surface area (Å²) in [6, 6.07) is 7.75. The molecule has 0 spiro atoms. The van der Waals surface area contributed by atoms with E-state index in [0.717, 1.165) is 30.3 Å². The normalized spacial score (nSPS) is 12.3. The van der Waals surface area contributed by atoms with Crippen molar-refractivity contribution in [2.24, 2.45) is 0 Å². The molecule has 1 N–H and O–H groups in total. The fraction of sp³-hybridized carbons (Fsp3) is 0.0625. The molecule has 0 heterocycles. The third-order valence-corrected chi connectivity index (χ3v) is 4.60. The summed E-state index contributed by atoms with van der Waals surface area (Å²) in [5.41, 5.74) is -0.744. The third-order valence-electron chi connectivity index (χ3n) is 3.09. The van der Waals surface area contributed by atoms with E-state index >= 15 is 0 Å². The van der Waals surface area contributed by atoms with Crippen molar-refractivity contribution >= 4 is 45.2 Å². The molecular weight excluding hydrogens is 414 g/mol. The number of hydrogen-bond donors (Lipinski definition) is 1. The van der Waals surface area contributed by atoms with Crippen molar-refractivity contribution in [2.75, 3.05) is 0 Å². The number of alkyl halides is 3. The molecule has 0 radical (unpaired) electrons. The van der Waals surface area contributed by atoms with Gasteiger partial charge in [-0.15, -0.1) is 0 Å². The Morgan fingerprint density at radius 3 is 2.19 bits per heavy atom. The topological polar surface area (TPSA) is 63.2 Å². The molecule has 138 valence electrons. The predicted octanol–water partition coefficient (Wildman–Crippen LogP) is 4.74. The number of carbonyl (C=O) groups is 1. The van der Waals surface area contributed by atoms with Crippen LogP contribution < -0.4 is 4.72 Å². The van der Waals surface area contributed by atoms with Gasteiger partial charge in [0.1, 0.15) is 0 Å². The summed E-state index contributed by atoms with van der Waals surface area (Å²) in [5.74, 6) is -0.969. The summed E-state index contributed by atoms with van der Waals surface area (Å²) in [6.07, 6.45) is -3.43.